The van der Waals surface area contributed by atoms with Gasteiger partial charge < -0.3 is 15.0 Å². The van der Waals surface area contributed by atoms with Gasteiger partial charge in [-0.1, -0.05) is 20.8 Å². The molecule has 0 aromatic carbocycles. The molecular weight excluding hydrogens is 272 g/mol. The number of nitrogens with zero attached hydrogens (tertiary/aromatic N) is 1. The second-order valence-corrected chi connectivity index (χ2v) is 6.36. The topological polar surface area (TPSA) is 75.7 Å². The lowest BCUT2D eigenvalue weighted by Crippen LogP contribution is -2.48. The third kappa shape index (κ3) is 5.36. The predicted octanol–water partition coefficient (Wildman–Crippen LogP) is 0.950. The maximum absolute atomic E-state index is 12.1. The summed E-state index contributed by atoms with van der Waals surface area (Å²) in [5.41, 5.74) is -0.518. The summed E-state index contributed by atoms with van der Waals surface area (Å²) >= 11 is 0. The van der Waals surface area contributed by atoms with Gasteiger partial charge in [0, 0.05) is 18.5 Å². The smallest absolute Gasteiger partial charge is 0.310 e. The Labute approximate surface area is 126 Å². The zero-order chi connectivity index (χ0) is 16.0. The van der Waals surface area contributed by atoms with Crippen molar-refractivity contribution in [3.05, 3.63) is 0 Å². The number of amides is 2. The Bertz CT molecular complexity index is 401. The van der Waals surface area contributed by atoms with Crippen molar-refractivity contribution >= 4 is 17.8 Å². The van der Waals surface area contributed by atoms with Crippen LogP contribution in [0.25, 0.3) is 0 Å². The highest BCUT2D eigenvalue weighted by molar-refractivity contribution is 5.87. The molecule has 0 saturated carbocycles. The molecule has 0 spiro atoms. The van der Waals surface area contributed by atoms with E-state index in [0.717, 1.165) is 12.8 Å². The number of ether oxygens (including phenoxy) is 1. The third-order valence-corrected chi connectivity index (χ3v) is 3.48. The Morgan fingerprint density at radius 3 is 2.52 bits per heavy atom. The number of nitrogens with one attached hydrogen (secondary N) is 1. The molecule has 0 aromatic rings. The molecule has 120 valence electrons. The first-order valence-electron chi connectivity index (χ1n) is 7.48. The summed E-state index contributed by atoms with van der Waals surface area (Å²) in [7, 11) is 0. The van der Waals surface area contributed by atoms with Gasteiger partial charge >= 0.3 is 5.97 Å². The molecule has 0 aromatic heterocycles. The molecule has 1 N–H and O–H groups in total. The molecule has 1 rings (SSSR count). The van der Waals surface area contributed by atoms with Gasteiger partial charge in [0.15, 0.2) is 0 Å². The number of rotatable bonds is 4. The van der Waals surface area contributed by atoms with Crippen molar-refractivity contribution in [1.82, 2.24) is 10.2 Å². The van der Waals surface area contributed by atoms with Crippen LogP contribution in [0.15, 0.2) is 0 Å². The maximum atomic E-state index is 12.1. The van der Waals surface area contributed by atoms with Gasteiger partial charge in [-0.3, -0.25) is 14.4 Å². The molecule has 0 bridgehead atoms. The van der Waals surface area contributed by atoms with Crippen LogP contribution in [0.5, 0.6) is 0 Å². The third-order valence-electron chi connectivity index (χ3n) is 3.48. The van der Waals surface area contributed by atoms with Crippen molar-refractivity contribution in [3.63, 3.8) is 0 Å². The molecule has 1 aliphatic heterocycles. The van der Waals surface area contributed by atoms with Crippen LogP contribution in [0.3, 0.4) is 0 Å². The number of likely N-dealkylation sites (tertiary alicyclic amines) is 1. The minimum absolute atomic E-state index is 0.0222. The minimum atomic E-state index is -0.518. The van der Waals surface area contributed by atoms with Gasteiger partial charge in [0.2, 0.25) is 11.8 Å². The Balaban J connectivity index is 2.47. The van der Waals surface area contributed by atoms with Crippen molar-refractivity contribution in [1.29, 1.82) is 0 Å². The summed E-state index contributed by atoms with van der Waals surface area (Å²) in [5, 5.41) is 2.64. The number of hydrogen-bond donors (Lipinski definition) is 1. The van der Waals surface area contributed by atoms with Crippen molar-refractivity contribution in [2.45, 2.75) is 40.5 Å². The average molecular weight is 298 g/mol. The average Bonchev–Trinajstić information content (AvgIpc) is 2.43. The molecule has 1 atom stereocenters. The minimum Gasteiger partial charge on any atom is -0.466 e. The first-order chi connectivity index (χ1) is 9.75. The van der Waals surface area contributed by atoms with Gasteiger partial charge in [-0.05, 0) is 19.8 Å². The fraction of sp³-hybridized carbons (Fsp3) is 0.800. The molecular formula is C15H26N2O4. The Morgan fingerprint density at radius 2 is 1.95 bits per heavy atom. The fourth-order valence-corrected chi connectivity index (χ4v) is 2.19. The van der Waals surface area contributed by atoms with Gasteiger partial charge in [-0.15, -0.1) is 0 Å². The van der Waals surface area contributed by atoms with Gasteiger partial charge in [-0.2, -0.15) is 0 Å². The molecule has 6 heteroatoms. The molecule has 21 heavy (non-hydrogen) atoms. The number of hydrogen-bond acceptors (Lipinski definition) is 4. The lowest BCUT2D eigenvalue weighted by Gasteiger charge is -2.31. The summed E-state index contributed by atoms with van der Waals surface area (Å²) in [6.45, 7) is 8.49. The van der Waals surface area contributed by atoms with E-state index in [2.05, 4.69) is 5.32 Å². The normalized spacial score (nSPS) is 19.0. The van der Waals surface area contributed by atoms with Crippen LogP contribution in [-0.2, 0) is 19.1 Å². The molecule has 0 unspecified atom stereocenters. The van der Waals surface area contributed by atoms with E-state index in [9.17, 15) is 14.4 Å². The van der Waals surface area contributed by atoms with E-state index in [0.29, 0.717) is 19.7 Å². The van der Waals surface area contributed by atoms with E-state index in [4.69, 9.17) is 4.74 Å². The van der Waals surface area contributed by atoms with Crippen molar-refractivity contribution in [2.75, 3.05) is 26.2 Å². The lowest BCUT2D eigenvalue weighted by molar-refractivity contribution is -0.151. The summed E-state index contributed by atoms with van der Waals surface area (Å²) in [5.74, 6) is -0.800. The van der Waals surface area contributed by atoms with Crippen LogP contribution < -0.4 is 5.32 Å². The molecule has 6 nitrogen and oxygen atoms in total. The Morgan fingerprint density at radius 1 is 1.29 bits per heavy atom. The van der Waals surface area contributed by atoms with Crippen molar-refractivity contribution < 1.29 is 19.1 Å². The van der Waals surface area contributed by atoms with Crippen LogP contribution in [0.4, 0.5) is 0 Å². The molecule has 2 amide bonds. The number of piperidine rings is 1. The van der Waals surface area contributed by atoms with Crippen LogP contribution in [0.2, 0.25) is 0 Å². The molecule has 0 radical (unpaired) electrons. The lowest BCUT2D eigenvalue weighted by atomic mass is 9.95. The summed E-state index contributed by atoms with van der Waals surface area (Å²) < 4.78 is 5.01. The molecule has 1 aliphatic rings. The zero-order valence-corrected chi connectivity index (χ0v) is 13.4. The van der Waals surface area contributed by atoms with Crippen molar-refractivity contribution in [2.24, 2.45) is 11.3 Å². The second kappa shape index (κ2) is 7.43. The standard InChI is InChI=1S/C15H26N2O4/c1-5-21-13(19)11-7-6-8-17(10-11)12(18)9-16-14(20)15(2,3)4/h11H,5-10H2,1-4H3,(H,16,20)/t11-/m0/s1. The number of carbonyl (C=O) groups excluding carboxylic acids is 3. The quantitative estimate of drug-likeness (QED) is 0.784. The first-order valence-corrected chi connectivity index (χ1v) is 7.48. The summed E-state index contributed by atoms with van der Waals surface area (Å²) in [6, 6.07) is 0. The molecule has 1 heterocycles. The van der Waals surface area contributed by atoms with Gasteiger partial charge in [-0.25, -0.2) is 0 Å². The highest BCUT2D eigenvalue weighted by atomic mass is 16.5. The fourth-order valence-electron chi connectivity index (χ4n) is 2.19. The van der Waals surface area contributed by atoms with Gasteiger partial charge in [0.25, 0.3) is 0 Å². The van der Waals surface area contributed by atoms with Gasteiger partial charge in [0.1, 0.15) is 0 Å². The number of esters is 1. The molecule has 1 fully saturated rings. The molecule has 1 saturated heterocycles. The first kappa shape index (κ1) is 17.5. The maximum Gasteiger partial charge on any atom is 0.310 e. The monoisotopic (exact) mass is 298 g/mol. The largest absolute Gasteiger partial charge is 0.466 e. The van der Waals surface area contributed by atoms with E-state index in [-0.39, 0.29) is 30.2 Å². The van der Waals surface area contributed by atoms with E-state index < -0.39 is 5.41 Å². The SMILES string of the molecule is CCOC(=O)[C@H]1CCCN(C(=O)CNC(=O)C(C)(C)C)C1. The van der Waals surface area contributed by atoms with Gasteiger partial charge in [0.05, 0.1) is 19.1 Å². The summed E-state index contributed by atoms with van der Waals surface area (Å²) in [6.07, 6.45) is 1.53. The van der Waals surface area contributed by atoms with E-state index in [1.54, 1.807) is 32.6 Å². The van der Waals surface area contributed by atoms with Crippen molar-refractivity contribution in [3.8, 4) is 0 Å². The predicted molar refractivity (Wildman–Crippen MR) is 78.4 cm³/mol. The Hall–Kier alpha value is -1.59. The van der Waals surface area contributed by atoms with E-state index in [1.165, 1.54) is 0 Å². The van der Waals surface area contributed by atoms with E-state index >= 15 is 0 Å². The second-order valence-electron chi connectivity index (χ2n) is 6.36. The molecule has 0 aliphatic carbocycles. The van der Waals surface area contributed by atoms with Crippen LogP contribution in [0, 0.1) is 11.3 Å². The van der Waals surface area contributed by atoms with Crippen LogP contribution in [-0.4, -0.2) is 48.9 Å². The highest BCUT2D eigenvalue weighted by Gasteiger charge is 2.30. The van der Waals surface area contributed by atoms with E-state index in [1.807, 2.05) is 0 Å². The zero-order valence-electron chi connectivity index (χ0n) is 13.4. The number of carbonyl (C=O) groups is 3. The Kier molecular flexibility index (Phi) is 6.18. The summed E-state index contributed by atoms with van der Waals surface area (Å²) in [4.78, 5) is 37.2. The highest BCUT2D eigenvalue weighted by Crippen LogP contribution is 2.18. The van der Waals surface area contributed by atoms with Crippen LogP contribution >= 0.6 is 0 Å². The van der Waals surface area contributed by atoms with Crippen LogP contribution in [0.1, 0.15) is 40.5 Å².